The van der Waals surface area contributed by atoms with Gasteiger partial charge in [0.1, 0.15) is 5.82 Å². The van der Waals surface area contributed by atoms with Crippen molar-refractivity contribution in [2.45, 2.75) is 40.2 Å². The lowest BCUT2D eigenvalue weighted by molar-refractivity contribution is -0.122. The predicted molar refractivity (Wildman–Crippen MR) is 113 cm³/mol. The number of carbonyl (C=O) groups is 1. The molecule has 2 rings (SSSR count). The first-order valence-corrected chi connectivity index (χ1v) is 9.53. The van der Waals surface area contributed by atoms with Crippen molar-refractivity contribution in [3.63, 3.8) is 0 Å². The van der Waals surface area contributed by atoms with E-state index >= 15 is 0 Å². The molecule has 3 N–H and O–H groups in total. The van der Waals surface area contributed by atoms with Gasteiger partial charge in [0.05, 0.1) is 10.0 Å². The summed E-state index contributed by atoms with van der Waals surface area (Å²) in [6, 6.07) is 7.58. The van der Waals surface area contributed by atoms with Gasteiger partial charge in [-0.15, -0.1) is 0 Å². The first kappa shape index (κ1) is 23.2. The minimum atomic E-state index is -0.250. The van der Waals surface area contributed by atoms with Gasteiger partial charge < -0.3 is 15.7 Å². The summed E-state index contributed by atoms with van der Waals surface area (Å²) in [4.78, 5) is 12.9. The van der Waals surface area contributed by atoms with E-state index in [1.165, 1.54) is 11.1 Å². The third-order valence-electron chi connectivity index (χ3n) is 3.70. The van der Waals surface area contributed by atoms with Gasteiger partial charge in [-0.05, 0) is 53.8 Å². The molecule has 0 aliphatic heterocycles. The van der Waals surface area contributed by atoms with Crippen LogP contribution >= 0.6 is 23.2 Å². The van der Waals surface area contributed by atoms with Gasteiger partial charge in [-0.25, -0.2) is 4.98 Å². The lowest BCUT2D eigenvalue weighted by atomic mass is 9.98. The molecule has 0 spiro atoms. The number of hydrogen-bond donors (Lipinski definition) is 3. The molecule has 0 aliphatic rings. The summed E-state index contributed by atoms with van der Waals surface area (Å²) in [6.07, 6.45) is 1.95. The Morgan fingerprint density at radius 1 is 1.15 bits per heavy atom. The zero-order valence-corrected chi connectivity index (χ0v) is 17.6. The van der Waals surface area contributed by atoms with Crippen LogP contribution in [0.3, 0.4) is 0 Å². The molecule has 0 aliphatic carbocycles. The maximum Gasteiger partial charge on any atom is 0.290 e. The second kappa shape index (κ2) is 11.8. The van der Waals surface area contributed by atoms with Gasteiger partial charge in [0.2, 0.25) is 0 Å². The van der Waals surface area contributed by atoms with Gasteiger partial charge in [0, 0.05) is 18.4 Å². The Balaban J connectivity index is 0.00000114. The Morgan fingerprint density at radius 2 is 1.81 bits per heavy atom. The quantitative estimate of drug-likeness (QED) is 0.509. The highest BCUT2D eigenvalue weighted by atomic mass is 35.5. The summed E-state index contributed by atoms with van der Waals surface area (Å²) < 4.78 is 0. The molecule has 0 unspecified atom stereocenters. The van der Waals surface area contributed by atoms with E-state index in [1.54, 1.807) is 12.1 Å². The molecule has 0 amide bonds. The smallest absolute Gasteiger partial charge is 0.290 e. The topological polar surface area (TPSA) is 74.2 Å². The lowest BCUT2D eigenvalue weighted by Crippen LogP contribution is -2.20. The van der Waals surface area contributed by atoms with Crippen molar-refractivity contribution in [3.05, 3.63) is 51.6 Å². The fraction of sp³-hybridized carbons (Fsp3) is 0.400. The van der Waals surface area contributed by atoms with E-state index in [2.05, 4.69) is 49.4 Å². The second-order valence-electron chi connectivity index (χ2n) is 6.81. The minimum absolute atomic E-state index is 0.250. The minimum Gasteiger partial charge on any atom is -0.483 e. The average Bonchev–Trinajstić information content (AvgIpc) is 2.59. The molecule has 2 aromatic rings. The van der Waals surface area contributed by atoms with Crippen LogP contribution in [0.15, 0.2) is 30.5 Å². The summed E-state index contributed by atoms with van der Waals surface area (Å²) in [6.45, 7) is 10.4. The van der Waals surface area contributed by atoms with Crippen LogP contribution in [0.2, 0.25) is 10.0 Å². The van der Waals surface area contributed by atoms with Crippen molar-refractivity contribution < 1.29 is 9.90 Å². The molecule has 0 saturated heterocycles. The third kappa shape index (κ3) is 8.16. The Labute approximate surface area is 171 Å². The van der Waals surface area contributed by atoms with Crippen molar-refractivity contribution in [3.8, 4) is 0 Å². The van der Waals surface area contributed by atoms with E-state index in [-0.39, 0.29) is 6.47 Å². The summed E-state index contributed by atoms with van der Waals surface area (Å²) in [5.74, 6) is 1.87. The number of anilines is 2. The molecule has 148 valence electrons. The molecular weight excluding hydrogens is 385 g/mol. The molecule has 5 nitrogen and oxygen atoms in total. The van der Waals surface area contributed by atoms with Crippen molar-refractivity contribution in [1.82, 2.24) is 10.3 Å². The number of rotatable bonds is 7. The van der Waals surface area contributed by atoms with Gasteiger partial charge in [0.25, 0.3) is 6.47 Å². The first-order chi connectivity index (χ1) is 12.8. The molecule has 1 aromatic carbocycles. The monoisotopic (exact) mass is 411 g/mol. The molecule has 0 bridgehead atoms. The number of carboxylic acid groups (broad SMARTS) is 1. The fourth-order valence-corrected chi connectivity index (χ4v) is 2.77. The largest absolute Gasteiger partial charge is 0.483 e. The van der Waals surface area contributed by atoms with E-state index in [0.717, 1.165) is 24.6 Å². The summed E-state index contributed by atoms with van der Waals surface area (Å²) in [5, 5.41) is 14.7. The maximum absolute atomic E-state index is 8.36. The number of nitrogens with one attached hydrogen (secondary N) is 2. The second-order valence-corrected chi connectivity index (χ2v) is 7.62. The molecule has 7 heteroatoms. The lowest BCUT2D eigenvalue weighted by Gasteiger charge is -2.16. The highest BCUT2D eigenvalue weighted by Crippen LogP contribution is 2.28. The average molecular weight is 412 g/mol. The fourth-order valence-electron chi connectivity index (χ4n) is 2.47. The van der Waals surface area contributed by atoms with Gasteiger partial charge in [-0.2, -0.15) is 0 Å². The highest BCUT2D eigenvalue weighted by Gasteiger charge is 2.10. The van der Waals surface area contributed by atoms with Crippen molar-refractivity contribution >= 4 is 41.2 Å². The number of hydrogen-bond acceptors (Lipinski definition) is 4. The highest BCUT2D eigenvalue weighted by molar-refractivity contribution is 6.42. The number of pyridine rings is 1. The van der Waals surface area contributed by atoms with Gasteiger partial charge in [-0.1, -0.05) is 50.9 Å². The van der Waals surface area contributed by atoms with Crippen LogP contribution in [0.1, 0.15) is 44.7 Å². The van der Waals surface area contributed by atoms with Crippen LogP contribution in [0.25, 0.3) is 0 Å². The normalized spacial score (nSPS) is 10.5. The van der Waals surface area contributed by atoms with E-state index < -0.39 is 0 Å². The number of nitrogens with zero attached hydrogens (tertiary/aromatic N) is 1. The summed E-state index contributed by atoms with van der Waals surface area (Å²) >= 11 is 12.0. The zero-order valence-electron chi connectivity index (χ0n) is 16.1. The molecule has 1 heterocycles. The van der Waals surface area contributed by atoms with Crippen LogP contribution in [0.5, 0.6) is 0 Å². The van der Waals surface area contributed by atoms with Gasteiger partial charge >= 0.3 is 0 Å². The third-order valence-corrected chi connectivity index (χ3v) is 4.44. The van der Waals surface area contributed by atoms with Crippen molar-refractivity contribution in [1.29, 1.82) is 0 Å². The van der Waals surface area contributed by atoms with E-state index in [0.29, 0.717) is 21.9 Å². The van der Waals surface area contributed by atoms with E-state index in [9.17, 15) is 0 Å². The van der Waals surface area contributed by atoms with Crippen LogP contribution in [-0.4, -0.2) is 23.1 Å². The van der Waals surface area contributed by atoms with Crippen LogP contribution in [0, 0.1) is 5.92 Å². The van der Waals surface area contributed by atoms with Crippen molar-refractivity contribution in [2.75, 3.05) is 11.9 Å². The van der Waals surface area contributed by atoms with E-state index in [1.807, 2.05) is 12.3 Å². The van der Waals surface area contributed by atoms with E-state index in [4.69, 9.17) is 33.1 Å². The Hall–Kier alpha value is -1.82. The van der Waals surface area contributed by atoms with Crippen LogP contribution < -0.4 is 10.6 Å². The summed E-state index contributed by atoms with van der Waals surface area (Å²) in [7, 11) is 0. The van der Waals surface area contributed by atoms with Gasteiger partial charge in [-0.3, -0.25) is 4.79 Å². The molecule has 1 aromatic heterocycles. The number of benzene rings is 1. The maximum atomic E-state index is 8.36. The first-order valence-electron chi connectivity index (χ1n) is 8.77. The molecule has 0 fully saturated rings. The predicted octanol–water partition coefficient (Wildman–Crippen LogP) is 5.70. The molecule has 27 heavy (non-hydrogen) atoms. The van der Waals surface area contributed by atoms with Crippen LogP contribution in [0.4, 0.5) is 11.5 Å². The SMILES string of the molecule is CC(C)CNCc1cnc(Nc2ccc(Cl)c(Cl)c2)cc1C(C)C.O=CO. The van der Waals surface area contributed by atoms with Gasteiger partial charge in [0.15, 0.2) is 0 Å². The molecule has 0 saturated carbocycles. The Bertz CT molecular complexity index is 737. The van der Waals surface area contributed by atoms with Crippen molar-refractivity contribution in [2.24, 2.45) is 5.92 Å². The van der Waals surface area contributed by atoms with Crippen LogP contribution in [-0.2, 0) is 11.3 Å². The Kier molecular flexibility index (Phi) is 10.1. The Morgan fingerprint density at radius 3 is 2.37 bits per heavy atom. The summed E-state index contributed by atoms with van der Waals surface area (Å²) in [5.41, 5.74) is 3.41. The standard InChI is InChI=1S/C19H25Cl2N3.CH2O2/c1-12(2)9-22-10-14-11-23-19(8-16(14)13(3)4)24-15-5-6-17(20)18(21)7-15;2-1-3/h5-8,11-13,22H,9-10H2,1-4H3,(H,23,24);1H,(H,2,3). The molecular formula is C20H27Cl2N3O2. The molecule has 0 atom stereocenters. The zero-order chi connectivity index (χ0) is 20.4. The number of halogens is 2. The molecule has 0 radical (unpaired) electrons. The number of aromatic nitrogens is 1.